The molecule has 0 amide bonds. The maximum Gasteiger partial charge on any atom is 0.355 e. The molecule has 0 saturated carbocycles. The molecule has 1 aliphatic rings. The van der Waals surface area contributed by atoms with Crippen molar-refractivity contribution >= 4 is 5.95 Å². The maximum atomic E-state index is 11.8. The van der Waals surface area contributed by atoms with Crippen LogP contribution in [0.4, 0.5) is 5.95 Å². The Balaban J connectivity index is 1.77. The van der Waals surface area contributed by atoms with Crippen molar-refractivity contribution in [3.63, 3.8) is 0 Å². The van der Waals surface area contributed by atoms with E-state index in [2.05, 4.69) is 33.5 Å². The quantitative estimate of drug-likeness (QED) is 0.885. The Morgan fingerprint density at radius 1 is 1.29 bits per heavy atom. The first-order valence-electron chi connectivity index (χ1n) is 7.12. The number of benzene rings is 1. The third kappa shape index (κ3) is 2.61. The molecule has 0 bridgehead atoms. The van der Waals surface area contributed by atoms with Crippen LogP contribution < -0.4 is 16.7 Å². The van der Waals surface area contributed by atoms with Crippen molar-refractivity contribution in [1.82, 2.24) is 14.5 Å². The van der Waals surface area contributed by atoms with E-state index in [1.165, 1.54) is 11.1 Å². The fraction of sp³-hybridized carbons (Fsp3) is 0.400. The number of fused-ring (bicyclic) bond motifs is 1. The smallest absolute Gasteiger partial charge is 0.351 e. The zero-order valence-electron chi connectivity index (χ0n) is 12.1. The number of aromatic amines is 1. The van der Waals surface area contributed by atoms with Gasteiger partial charge in [0.1, 0.15) is 0 Å². The second-order valence-corrected chi connectivity index (χ2v) is 5.59. The Morgan fingerprint density at radius 2 is 2.05 bits per heavy atom. The average Bonchev–Trinajstić information content (AvgIpc) is 2.37. The Bertz CT molecular complexity index is 758. The van der Waals surface area contributed by atoms with Crippen molar-refractivity contribution in [2.45, 2.75) is 39.3 Å². The number of hydrogen-bond donors (Lipinski definition) is 2. The molecule has 0 spiro atoms. The van der Waals surface area contributed by atoms with Crippen LogP contribution in [0.5, 0.6) is 0 Å². The second-order valence-electron chi connectivity index (χ2n) is 5.59. The molecule has 0 saturated heterocycles. The number of nitrogens with zero attached hydrogens (tertiary/aromatic N) is 2. The zero-order valence-corrected chi connectivity index (χ0v) is 12.1. The highest BCUT2D eigenvalue weighted by Gasteiger charge is 2.13. The van der Waals surface area contributed by atoms with Gasteiger partial charge in [-0.3, -0.25) is 4.98 Å². The average molecular weight is 286 g/mol. The zero-order chi connectivity index (χ0) is 15.0. The highest BCUT2D eigenvalue weighted by atomic mass is 16.2. The van der Waals surface area contributed by atoms with Gasteiger partial charge < -0.3 is 5.32 Å². The van der Waals surface area contributed by atoms with E-state index in [0.717, 1.165) is 23.0 Å². The van der Waals surface area contributed by atoms with Crippen LogP contribution in [0.15, 0.2) is 27.8 Å². The third-order valence-corrected chi connectivity index (χ3v) is 3.77. The van der Waals surface area contributed by atoms with E-state index in [1.54, 1.807) is 13.8 Å². The molecule has 0 aliphatic heterocycles. The largest absolute Gasteiger partial charge is 0.355 e. The molecular formula is C15H18N4O2. The van der Waals surface area contributed by atoms with Gasteiger partial charge in [-0.15, -0.1) is 0 Å². The van der Waals surface area contributed by atoms with Crippen LogP contribution in [0, 0.1) is 0 Å². The topological polar surface area (TPSA) is 79.8 Å². The van der Waals surface area contributed by atoms with Crippen LogP contribution in [-0.2, 0) is 19.4 Å². The van der Waals surface area contributed by atoms with Crippen molar-refractivity contribution in [3.05, 3.63) is 55.9 Å². The minimum absolute atomic E-state index is 0.212. The van der Waals surface area contributed by atoms with Gasteiger partial charge in [-0.25, -0.2) is 14.2 Å². The van der Waals surface area contributed by atoms with Crippen LogP contribution in [0.1, 0.15) is 36.6 Å². The van der Waals surface area contributed by atoms with Gasteiger partial charge in [0.25, 0.3) is 0 Å². The lowest BCUT2D eigenvalue weighted by molar-refractivity contribution is 0.530. The number of H-pyrrole nitrogens is 1. The summed E-state index contributed by atoms with van der Waals surface area (Å²) in [6.07, 6.45) is 2.29. The lowest BCUT2D eigenvalue weighted by Crippen LogP contribution is -2.38. The summed E-state index contributed by atoms with van der Waals surface area (Å²) in [6.45, 7) is 4.07. The lowest BCUT2D eigenvalue weighted by atomic mass is 9.87. The minimum atomic E-state index is -0.534. The first-order chi connectivity index (χ1) is 10.0. The third-order valence-electron chi connectivity index (χ3n) is 3.77. The Hall–Kier alpha value is -2.37. The highest BCUT2D eigenvalue weighted by molar-refractivity contribution is 5.39. The predicted molar refractivity (Wildman–Crippen MR) is 80.7 cm³/mol. The molecule has 3 rings (SSSR count). The number of hydrogen-bond acceptors (Lipinski definition) is 4. The van der Waals surface area contributed by atoms with E-state index < -0.39 is 11.4 Å². The van der Waals surface area contributed by atoms with E-state index in [4.69, 9.17) is 0 Å². The van der Waals surface area contributed by atoms with E-state index >= 15 is 0 Å². The van der Waals surface area contributed by atoms with Gasteiger partial charge in [0.05, 0.1) is 0 Å². The summed E-state index contributed by atoms with van der Waals surface area (Å²) in [5.74, 6) is 0.213. The summed E-state index contributed by atoms with van der Waals surface area (Å²) in [5.41, 5.74) is 2.93. The van der Waals surface area contributed by atoms with Crippen LogP contribution in [-0.4, -0.2) is 14.5 Å². The molecule has 1 aromatic carbocycles. The van der Waals surface area contributed by atoms with Crippen LogP contribution >= 0.6 is 0 Å². The summed E-state index contributed by atoms with van der Waals surface area (Å²) in [6, 6.07) is 6.12. The standard InChI is InChI=1S/C15H18N4O2/c1-9(2)19-14(20)17-13(18-15(19)21)16-8-10-3-4-11-5-6-12(11)7-10/h3-4,7,9H,5-6,8H2,1-2H3,(H2,16,17,18,20,21). The summed E-state index contributed by atoms with van der Waals surface area (Å²) in [5, 5.41) is 3.00. The molecule has 1 heterocycles. The molecule has 1 aromatic heterocycles. The van der Waals surface area contributed by atoms with Gasteiger partial charge >= 0.3 is 11.4 Å². The summed E-state index contributed by atoms with van der Waals surface area (Å²) in [4.78, 5) is 30.1. The molecule has 21 heavy (non-hydrogen) atoms. The first-order valence-corrected chi connectivity index (χ1v) is 7.12. The molecule has 0 unspecified atom stereocenters. The van der Waals surface area contributed by atoms with Gasteiger partial charge in [-0.05, 0) is 43.4 Å². The molecule has 0 radical (unpaired) electrons. The highest BCUT2D eigenvalue weighted by Crippen LogP contribution is 2.23. The lowest BCUT2D eigenvalue weighted by Gasteiger charge is -2.19. The summed E-state index contributed by atoms with van der Waals surface area (Å²) >= 11 is 0. The van der Waals surface area contributed by atoms with Crippen LogP contribution in [0.3, 0.4) is 0 Å². The minimum Gasteiger partial charge on any atom is -0.351 e. The molecule has 2 N–H and O–H groups in total. The van der Waals surface area contributed by atoms with Crippen LogP contribution in [0.25, 0.3) is 0 Å². The Labute approximate surface area is 121 Å². The fourth-order valence-corrected chi connectivity index (χ4v) is 2.51. The Morgan fingerprint density at radius 3 is 2.62 bits per heavy atom. The normalized spacial score (nSPS) is 12.9. The number of aromatic nitrogens is 3. The molecule has 2 aromatic rings. The van der Waals surface area contributed by atoms with Crippen molar-refractivity contribution < 1.29 is 0 Å². The van der Waals surface area contributed by atoms with Gasteiger partial charge in [0.2, 0.25) is 5.95 Å². The molecule has 6 nitrogen and oxygen atoms in total. The number of aryl methyl sites for hydroxylation is 2. The first kappa shape index (κ1) is 13.6. The second kappa shape index (κ2) is 5.20. The SMILES string of the molecule is CC(C)n1c(=O)nc(NCc2ccc3c(c2)CC3)[nH]c1=O. The summed E-state index contributed by atoms with van der Waals surface area (Å²) in [7, 11) is 0. The fourth-order valence-electron chi connectivity index (χ4n) is 2.51. The van der Waals surface area contributed by atoms with Gasteiger partial charge in [0.15, 0.2) is 0 Å². The van der Waals surface area contributed by atoms with Gasteiger partial charge in [0, 0.05) is 12.6 Å². The molecule has 0 atom stereocenters. The number of rotatable bonds is 4. The van der Waals surface area contributed by atoms with E-state index in [0.29, 0.717) is 6.54 Å². The Kier molecular flexibility index (Phi) is 3.37. The van der Waals surface area contributed by atoms with E-state index in [-0.39, 0.29) is 12.0 Å². The molecule has 110 valence electrons. The number of anilines is 1. The van der Waals surface area contributed by atoms with Crippen molar-refractivity contribution in [3.8, 4) is 0 Å². The number of nitrogens with one attached hydrogen (secondary N) is 2. The van der Waals surface area contributed by atoms with Gasteiger partial charge in [-0.2, -0.15) is 4.98 Å². The van der Waals surface area contributed by atoms with E-state index in [9.17, 15) is 9.59 Å². The molecule has 0 fully saturated rings. The van der Waals surface area contributed by atoms with Crippen LogP contribution in [0.2, 0.25) is 0 Å². The van der Waals surface area contributed by atoms with Gasteiger partial charge in [-0.1, -0.05) is 18.2 Å². The molecule has 1 aliphatic carbocycles. The molecule has 6 heteroatoms. The van der Waals surface area contributed by atoms with Crippen molar-refractivity contribution in [2.24, 2.45) is 0 Å². The predicted octanol–water partition coefficient (Wildman–Crippen LogP) is 1.22. The molecular weight excluding hydrogens is 268 g/mol. The maximum absolute atomic E-state index is 11.8. The van der Waals surface area contributed by atoms with E-state index in [1.807, 2.05) is 0 Å². The van der Waals surface area contributed by atoms with Crippen molar-refractivity contribution in [2.75, 3.05) is 5.32 Å². The van der Waals surface area contributed by atoms with Crippen molar-refractivity contribution in [1.29, 1.82) is 0 Å². The monoisotopic (exact) mass is 286 g/mol. The summed E-state index contributed by atoms with van der Waals surface area (Å²) < 4.78 is 1.09.